The van der Waals surface area contributed by atoms with Gasteiger partial charge in [0.05, 0.1) is 0 Å². The zero-order valence-electron chi connectivity index (χ0n) is 21.7. The van der Waals surface area contributed by atoms with Crippen LogP contribution in [0.3, 0.4) is 0 Å². The topological polar surface area (TPSA) is 69.4 Å². The number of fused-ring (bicyclic) bond motifs is 7. The molecule has 4 saturated carbocycles. The maximum atomic E-state index is 13.0. The summed E-state index contributed by atoms with van der Waals surface area (Å²) in [6.45, 7) is 13.4. The van der Waals surface area contributed by atoms with Gasteiger partial charge in [0.25, 0.3) is 0 Å². The molecule has 4 fully saturated rings. The van der Waals surface area contributed by atoms with Gasteiger partial charge < -0.3 is 10.5 Å². The van der Waals surface area contributed by atoms with E-state index >= 15 is 0 Å². The summed E-state index contributed by atoms with van der Waals surface area (Å²) in [5.41, 5.74) is 9.69. The average molecular weight is 456 g/mol. The van der Waals surface area contributed by atoms with E-state index < -0.39 is 0 Å². The summed E-state index contributed by atoms with van der Waals surface area (Å²) in [6.07, 6.45) is 9.84. The van der Waals surface area contributed by atoms with Gasteiger partial charge in [-0.05, 0) is 109 Å². The molecule has 0 heterocycles. The lowest BCUT2D eigenvalue weighted by atomic mass is 9.38. The minimum Gasteiger partial charge on any atom is -0.462 e. The number of allylic oxidation sites excluding steroid dienone is 1. The minimum absolute atomic E-state index is 0.0806. The molecule has 33 heavy (non-hydrogen) atoms. The molecule has 0 aromatic carbocycles. The fraction of sp³-hybridized carbons (Fsp3) is 0.862. The van der Waals surface area contributed by atoms with Crippen LogP contribution in [-0.4, -0.2) is 23.4 Å². The van der Waals surface area contributed by atoms with Crippen molar-refractivity contribution in [2.45, 2.75) is 111 Å². The van der Waals surface area contributed by atoms with Crippen LogP contribution in [0.5, 0.6) is 0 Å². The van der Waals surface area contributed by atoms with Crippen molar-refractivity contribution in [1.82, 2.24) is 0 Å². The van der Waals surface area contributed by atoms with Gasteiger partial charge in [-0.15, -0.1) is 0 Å². The third-order valence-electron chi connectivity index (χ3n) is 11.5. The molecule has 5 rings (SSSR count). The van der Waals surface area contributed by atoms with Gasteiger partial charge in [-0.2, -0.15) is 0 Å². The number of Topliss-reactive ketones (excluding diaryl/α,β-unsaturated/α-hetero) is 1. The molecule has 9 unspecified atom stereocenters. The quantitative estimate of drug-likeness (QED) is 0.532. The molecule has 0 amide bonds. The monoisotopic (exact) mass is 455 g/mol. The largest absolute Gasteiger partial charge is 0.462 e. The van der Waals surface area contributed by atoms with Crippen molar-refractivity contribution in [1.29, 1.82) is 0 Å². The Kier molecular flexibility index (Phi) is 5.48. The van der Waals surface area contributed by atoms with Crippen LogP contribution in [-0.2, 0) is 14.3 Å². The normalized spacial score (nSPS) is 49.3. The van der Waals surface area contributed by atoms with Crippen LogP contribution in [0.4, 0.5) is 0 Å². The molecule has 0 radical (unpaired) electrons. The number of ether oxygens (including phenoxy) is 1. The number of hydrogen-bond donors (Lipinski definition) is 1. The fourth-order valence-corrected chi connectivity index (χ4v) is 10.3. The minimum atomic E-state index is -0.376. The van der Waals surface area contributed by atoms with E-state index in [1.165, 1.54) is 37.7 Å². The van der Waals surface area contributed by atoms with Gasteiger partial charge in [0.1, 0.15) is 6.10 Å². The van der Waals surface area contributed by atoms with E-state index in [0.29, 0.717) is 52.6 Å². The number of nitrogens with two attached hydrogens (primary N) is 1. The Balaban J connectivity index is 1.48. The number of carbonyl (C=O) groups is 2. The van der Waals surface area contributed by atoms with Crippen LogP contribution >= 0.6 is 0 Å². The van der Waals surface area contributed by atoms with Crippen LogP contribution in [0, 0.1) is 46.3 Å². The number of hydrogen-bond acceptors (Lipinski definition) is 4. The first kappa shape index (κ1) is 23.6. The van der Waals surface area contributed by atoms with Crippen molar-refractivity contribution in [3.05, 3.63) is 11.1 Å². The Morgan fingerprint density at radius 2 is 1.64 bits per heavy atom. The van der Waals surface area contributed by atoms with E-state index in [2.05, 4.69) is 34.6 Å². The van der Waals surface area contributed by atoms with E-state index in [4.69, 9.17) is 10.5 Å². The molecule has 0 aliphatic heterocycles. The second-order valence-corrected chi connectivity index (χ2v) is 13.3. The van der Waals surface area contributed by atoms with Crippen molar-refractivity contribution in [2.24, 2.45) is 52.1 Å². The van der Waals surface area contributed by atoms with Crippen LogP contribution < -0.4 is 5.73 Å². The Labute approximate surface area is 200 Å². The van der Waals surface area contributed by atoms with Gasteiger partial charge in [-0.25, -0.2) is 0 Å². The Morgan fingerprint density at radius 3 is 2.30 bits per heavy atom. The van der Waals surface area contributed by atoms with Crippen LogP contribution in [0.15, 0.2) is 11.1 Å². The number of rotatable bonds is 2. The third kappa shape index (κ3) is 3.25. The molecule has 4 nitrogen and oxygen atoms in total. The van der Waals surface area contributed by atoms with E-state index in [-0.39, 0.29) is 23.5 Å². The molecule has 9 atom stereocenters. The summed E-state index contributed by atoms with van der Waals surface area (Å²) in [7, 11) is 0. The first-order chi connectivity index (χ1) is 15.4. The molecular formula is C29H45NO3. The molecule has 0 bridgehead atoms. The summed E-state index contributed by atoms with van der Waals surface area (Å²) in [6, 6.07) is 0. The molecule has 0 saturated heterocycles. The van der Waals surface area contributed by atoms with E-state index in [9.17, 15) is 9.59 Å². The van der Waals surface area contributed by atoms with Gasteiger partial charge in [-0.3, -0.25) is 9.59 Å². The Morgan fingerprint density at radius 1 is 1.00 bits per heavy atom. The van der Waals surface area contributed by atoms with Crippen molar-refractivity contribution < 1.29 is 14.3 Å². The summed E-state index contributed by atoms with van der Waals surface area (Å²) in [5, 5.41) is 0. The molecule has 2 N–H and O–H groups in total. The second kappa shape index (κ2) is 7.67. The summed E-state index contributed by atoms with van der Waals surface area (Å²) in [5.74, 6) is 3.35. The van der Waals surface area contributed by atoms with E-state index in [1.807, 2.05) is 0 Å². The lowest BCUT2D eigenvalue weighted by Crippen LogP contribution is -2.61. The third-order valence-corrected chi connectivity index (χ3v) is 11.5. The van der Waals surface area contributed by atoms with E-state index in [0.717, 1.165) is 24.8 Å². The maximum absolute atomic E-state index is 13.0. The summed E-state index contributed by atoms with van der Waals surface area (Å²) < 4.78 is 5.76. The molecule has 184 valence electrons. The lowest BCUT2D eigenvalue weighted by Gasteiger charge is -2.67. The van der Waals surface area contributed by atoms with Gasteiger partial charge in [-0.1, -0.05) is 34.6 Å². The predicted octanol–water partition coefficient (Wildman–Crippen LogP) is 5.83. The standard InChI is InChI=1S/C29H45NO3/c1-16(2)25-22(32)15-29(30)14-10-21-19(26(25)29)7-8-24-27(5)13-11-23(33-18(4)31)17(3)20(27)9-12-28(21,24)6/h16-17,19-21,23-24H,7-15,30H2,1-6H3. The molecule has 0 aromatic heterocycles. The van der Waals surface area contributed by atoms with Crippen molar-refractivity contribution in [3.63, 3.8) is 0 Å². The molecule has 5 aliphatic carbocycles. The second-order valence-electron chi connectivity index (χ2n) is 13.3. The molecule has 0 spiro atoms. The van der Waals surface area contributed by atoms with Crippen LogP contribution in [0.1, 0.15) is 99.3 Å². The Bertz CT molecular complexity index is 891. The van der Waals surface area contributed by atoms with Gasteiger partial charge in [0.15, 0.2) is 5.78 Å². The first-order valence-electron chi connectivity index (χ1n) is 13.7. The number of carbonyl (C=O) groups excluding carboxylic acids is 2. The smallest absolute Gasteiger partial charge is 0.302 e. The SMILES string of the molecule is CC(=O)OC1CCC2(C)C(CCC3(C)C4CCC5(N)CC(=O)C(C(C)C)=C5C4CCC32)C1C. The Hall–Kier alpha value is -1.16. The van der Waals surface area contributed by atoms with Crippen molar-refractivity contribution in [3.8, 4) is 0 Å². The van der Waals surface area contributed by atoms with Crippen LogP contribution in [0.2, 0.25) is 0 Å². The predicted molar refractivity (Wildman–Crippen MR) is 130 cm³/mol. The fourth-order valence-electron chi connectivity index (χ4n) is 10.3. The van der Waals surface area contributed by atoms with Gasteiger partial charge >= 0.3 is 5.97 Å². The average Bonchev–Trinajstić information content (AvgIpc) is 3.00. The highest BCUT2D eigenvalue weighted by atomic mass is 16.5. The highest BCUT2D eigenvalue weighted by Crippen LogP contribution is 2.70. The summed E-state index contributed by atoms with van der Waals surface area (Å²) >= 11 is 0. The molecule has 0 aromatic rings. The lowest BCUT2D eigenvalue weighted by molar-refractivity contribution is -0.188. The van der Waals surface area contributed by atoms with Gasteiger partial charge in [0.2, 0.25) is 0 Å². The zero-order valence-corrected chi connectivity index (χ0v) is 21.7. The highest BCUT2D eigenvalue weighted by Gasteiger charge is 2.64. The molecular weight excluding hydrogens is 410 g/mol. The summed E-state index contributed by atoms with van der Waals surface area (Å²) in [4.78, 5) is 24.7. The highest BCUT2D eigenvalue weighted by molar-refractivity contribution is 6.01. The van der Waals surface area contributed by atoms with Crippen LogP contribution in [0.25, 0.3) is 0 Å². The molecule has 5 aliphatic rings. The number of ketones is 1. The maximum Gasteiger partial charge on any atom is 0.302 e. The van der Waals surface area contributed by atoms with Crippen molar-refractivity contribution >= 4 is 11.8 Å². The van der Waals surface area contributed by atoms with Crippen molar-refractivity contribution in [2.75, 3.05) is 0 Å². The van der Waals surface area contributed by atoms with Gasteiger partial charge in [0, 0.05) is 18.9 Å². The van der Waals surface area contributed by atoms with E-state index in [1.54, 1.807) is 6.92 Å². The number of esters is 1. The molecule has 4 heteroatoms. The zero-order chi connectivity index (χ0) is 23.9. The first-order valence-corrected chi connectivity index (χ1v) is 13.7.